The minimum absolute atomic E-state index is 0.278. The van der Waals surface area contributed by atoms with Crippen molar-refractivity contribution in [2.45, 2.75) is 18.8 Å². The topological polar surface area (TPSA) is 29.3 Å². The molecule has 1 aromatic rings. The molecule has 1 atom stereocenters. The summed E-state index contributed by atoms with van der Waals surface area (Å²) in [5.41, 5.74) is 7.02. The van der Waals surface area contributed by atoms with E-state index >= 15 is 0 Å². The van der Waals surface area contributed by atoms with E-state index in [2.05, 4.69) is 11.9 Å². The normalized spacial score (nSPS) is 20.0. The highest BCUT2D eigenvalue weighted by atomic mass is 35.5. The van der Waals surface area contributed by atoms with E-state index in [1.165, 1.54) is 12.8 Å². The third kappa shape index (κ3) is 3.00. The van der Waals surface area contributed by atoms with Crippen molar-refractivity contribution in [1.82, 2.24) is 4.90 Å². The van der Waals surface area contributed by atoms with Crippen molar-refractivity contribution in [3.8, 4) is 0 Å². The van der Waals surface area contributed by atoms with Crippen LogP contribution in [0.15, 0.2) is 18.2 Å². The first-order valence-corrected chi connectivity index (χ1v) is 7.21. The molecule has 1 aliphatic rings. The van der Waals surface area contributed by atoms with Crippen LogP contribution in [0.5, 0.6) is 0 Å². The highest BCUT2D eigenvalue weighted by Gasteiger charge is 2.28. The van der Waals surface area contributed by atoms with Crippen molar-refractivity contribution < 1.29 is 0 Å². The molecule has 0 amide bonds. The van der Waals surface area contributed by atoms with Crippen molar-refractivity contribution in [2.24, 2.45) is 11.7 Å². The van der Waals surface area contributed by atoms with E-state index in [1.807, 2.05) is 18.2 Å². The van der Waals surface area contributed by atoms with Crippen LogP contribution in [-0.2, 0) is 0 Å². The second-order valence-corrected chi connectivity index (χ2v) is 5.93. The number of benzene rings is 1. The molecule has 0 saturated carbocycles. The van der Waals surface area contributed by atoms with Gasteiger partial charge in [-0.15, -0.1) is 0 Å². The molecule has 0 aliphatic carbocycles. The van der Waals surface area contributed by atoms with Gasteiger partial charge >= 0.3 is 0 Å². The Morgan fingerprint density at radius 3 is 2.33 bits per heavy atom. The molecule has 1 saturated heterocycles. The van der Waals surface area contributed by atoms with Gasteiger partial charge in [-0.1, -0.05) is 29.3 Å². The molecule has 100 valence electrons. The minimum atomic E-state index is 0.278. The first-order chi connectivity index (χ1) is 8.63. The fourth-order valence-electron chi connectivity index (χ4n) is 2.84. The summed E-state index contributed by atoms with van der Waals surface area (Å²) in [4.78, 5) is 2.36. The zero-order valence-electron chi connectivity index (χ0n) is 10.7. The van der Waals surface area contributed by atoms with E-state index in [9.17, 15) is 0 Å². The Bertz CT molecular complexity index is 381. The molecular formula is C14H20Cl2N2. The standard InChI is InChI=1S/C14H20Cl2N2/c1-18-7-5-10(6-8-18)11(9-17)14-12(15)3-2-4-13(14)16/h2-4,10-11H,5-9,17H2,1H3. The van der Waals surface area contributed by atoms with Crippen LogP contribution in [0.4, 0.5) is 0 Å². The number of nitrogens with zero attached hydrogens (tertiary/aromatic N) is 1. The van der Waals surface area contributed by atoms with Gasteiger partial charge in [-0.3, -0.25) is 0 Å². The molecule has 0 aromatic heterocycles. The predicted molar refractivity (Wildman–Crippen MR) is 78.5 cm³/mol. The van der Waals surface area contributed by atoms with E-state index < -0.39 is 0 Å². The van der Waals surface area contributed by atoms with Gasteiger partial charge in [0.15, 0.2) is 0 Å². The maximum absolute atomic E-state index is 6.30. The van der Waals surface area contributed by atoms with Crippen LogP contribution in [0, 0.1) is 5.92 Å². The summed E-state index contributed by atoms with van der Waals surface area (Å²) in [5, 5.41) is 1.49. The summed E-state index contributed by atoms with van der Waals surface area (Å²) in [6.07, 6.45) is 2.33. The van der Waals surface area contributed by atoms with Gasteiger partial charge in [-0.05, 0) is 63.1 Å². The lowest BCUT2D eigenvalue weighted by atomic mass is 9.80. The Kier molecular flexibility index (Phi) is 4.91. The Hall–Kier alpha value is -0.280. The minimum Gasteiger partial charge on any atom is -0.330 e. The van der Waals surface area contributed by atoms with Gasteiger partial charge in [-0.25, -0.2) is 0 Å². The molecule has 1 heterocycles. The summed E-state index contributed by atoms with van der Waals surface area (Å²) in [5.74, 6) is 0.864. The van der Waals surface area contributed by atoms with Crippen molar-refractivity contribution in [1.29, 1.82) is 0 Å². The lowest BCUT2D eigenvalue weighted by molar-refractivity contribution is 0.199. The molecule has 0 radical (unpaired) electrons. The van der Waals surface area contributed by atoms with E-state index in [0.717, 1.165) is 28.7 Å². The average Bonchev–Trinajstić information content (AvgIpc) is 2.35. The molecule has 1 aromatic carbocycles. The highest BCUT2D eigenvalue weighted by Crippen LogP contribution is 2.38. The third-order valence-corrected chi connectivity index (χ3v) is 4.62. The molecule has 1 fully saturated rings. The van der Waals surface area contributed by atoms with Gasteiger partial charge in [0.2, 0.25) is 0 Å². The highest BCUT2D eigenvalue weighted by molar-refractivity contribution is 6.36. The number of halogens is 2. The number of hydrogen-bond donors (Lipinski definition) is 1. The van der Waals surface area contributed by atoms with E-state index in [-0.39, 0.29) is 5.92 Å². The summed E-state index contributed by atoms with van der Waals surface area (Å²) >= 11 is 12.6. The lowest BCUT2D eigenvalue weighted by Crippen LogP contribution is -2.35. The maximum Gasteiger partial charge on any atom is 0.0456 e. The summed E-state index contributed by atoms with van der Waals surface area (Å²) in [7, 11) is 2.16. The number of rotatable bonds is 3. The molecular weight excluding hydrogens is 267 g/mol. The van der Waals surface area contributed by atoms with Crippen LogP contribution in [0.3, 0.4) is 0 Å². The van der Waals surface area contributed by atoms with Gasteiger partial charge in [0.1, 0.15) is 0 Å². The molecule has 1 aliphatic heterocycles. The van der Waals surface area contributed by atoms with E-state index in [4.69, 9.17) is 28.9 Å². The average molecular weight is 287 g/mol. The van der Waals surface area contributed by atoms with Crippen LogP contribution in [-0.4, -0.2) is 31.6 Å². The lowest BCUT2D eigenvalue weighted by Gasteiger charge is -2.34. The van der Waals surface area contributed by atoms with Crippen molar-refractivity contribution >= 4 is 23.2 Å². The smallest absolute Gasteiger partial charge is 0.0456 e. The van der Waals surface area contributed by atoms with Crippen molar-refractivity contribution in [3.05, 3.63) is 33.8 Å². The van der Waals surface area contributed by atoms with Crippen LogP contribution in [0.1, 0.15) is 24.3 Å². The van der Waals surface area contributed by atoms with Crippen LogP contribution < -0.4 is 5.73 Å². The monoisotopic (exact) mass is 286 g/mol. The summed E-state index contributed by atoms with van der Waals surface area (Å²) < 4.78 is 0. The van der Waals surface area contributed by atoms with Crippen molar-refractivity contribution in [3.63, 3.8) is 0 Å². The Labute approximate surface area is 119 Å². The summed E-state index contributed by atoms with van der Waals surface area (Å²) in [6, 6.07) is 5.69. The molecule has 0 bridgehead atoms. The van der Waals surface area contributed by atoms with E-state index in [1.54, 1.807) is 0 Å². The number of hydrogen-bond acceptors (Lipinski definition) is 2. The fraction of sp³-hybridized carbons (Fsp3) is 0.571. The van der Waals surface area contributed by atoms with Gasteiger partial charge in [0, 0.05) is 16.0 Å². The third-order valence-electron chi connectivity index (χ3n) is 3.96. The first kappa shape index (κ1) is 14.1. The maximum atomic E-state index is 6.30. The van der Waals surface area contributed by atoms with Gasteiger partial charge < -0.3 is 10.6 Å². The number of nitrogens with two attached hydrogens (primary N) is 1. The zero-order chi connectivity index (χ0) is 13.1. The molecule has 0 spiro atoms. The Morgan fingerprint density at radius 2 is 1.83 bits per heavy atom. The van der Waals surface area contributed by atoms with Crippen LogP contribution >= 0.6 is 23.2 Å². The zero-order valence-corrected chi connectivity index (χ0v) is 12.2. The Morgan fingerprint density at radius 1 is 1.28 bits per heavy atom. The molecule has 18 heavy (non-hydrogen) atoms. The van der Waals surface area contributed by atoms with Crippen LogP contribution in [0.25, 0.3) is 0 Å². The first-order valence-electron chi connectivity index (χ1n) is 6.46. The predicted octanol–water partition coefficient (Wildman–Crippen LogP) is 3.38. The Balaban J connectivity index is 2.23. The largest absolute Gasteiger partial charge is 0.330 e. The van der Waals surface area contributed by atoms with Crippen molar-refractivity contribution in [2.75, 3.05) is 26.7 Å². The second-order valence-electron chi connectivity index (χ2n) is 5.12. The van der Waals surface area contributed by atoms with Gasteiger partial charge in [0.25, 0.3) is 0 Å². The molecule has 2 N–H and O–H groups in total. The van der Waals surface area contributed by atoms with Gasteiger partial charge in [0.05, 0.1) is 0 Å². The fourth-order valence-corrected chi connectivity index (χ4v) is 3.52. The number of piperidine rings is 1. The SMILES string of the molecule is CN1CCC(C(CN)c2c(Cl)cccc2Cl)CC1. The molecule has 2 nitrogen and oxygen atoms in total. The number of likely N-dealkylation sites (tertiary alicyclic amines) is 1. The molecule has 1 unspecified atom stereocenters. The second kappa shape index (κ2) is 6.25. The van der Waals surface area contributed by atoms with Crippen LogP contribution in [0.2, 0.25) is 10.0 Å². The molecule has 2 rings (SSSR count). The molecule has 4 heteroatoms. The van der Waals surface area contributed by atoms with E-state index in [0.29, 0.717) is 12.5 Å². The quantitative estimate of drug-likeness (QED) is 0.923. The van der Waals surface area contributed by atoms with Gasteiger partial charge in [-0.2, -0.15) is 0 Å². The summed E-state index contributed by atoms with van der Waals surface area (Å²) in [6.45, 7) is 2.87.